The maximum Gasteiger partial charge on any atom is 0 e. The molecular formula is HCl2Fe2O12PdS3-. The summed E-state index contributed by atoms with van der Waals surface area (Å²) >= 11 is -0.106. The van der Waals surface area contributed by atoms with Crippen LogP contribution in [0.15, 0.2) is 0 Å². The van der Waals surface area contributed by atoms with Gasteiger partial charge in [0.05, 0.1) is 11.0 Å². The Morgan fingerprint density at radius 1 is 0.900 bits per heavy atom. The van der Waals surface area contributed by atoms with Gasteiger partial charge >= 0.3 is 55.8 Å². The van der Waals surface area contributed by atoms with Crippen LogP contribution in [0.4, 0.5) is 0 Å². The molecule has 0 saturated heterocycles. The van der Waals surface area contributed by atoms with Crippen molar-refractivity contribution in [2.75, 3.05) is 0 Å². The Kier molecular flexibility index (Phi) is 23.5. The maximum atomic E-state index is 10.3. The van der Waals surface area contributed by atoms with Gasteiger partial charge in [-0.2, -0.15) is 16.8 Å². The van der Waals surface area contributed by atoms with Crippen molar-refractivity contribution in [1.82, 2.24) is 0 Å². The van der Waals surface area contributed by atoms with Crippen molar-refractivity contribution < 1.29 is 102 Å². The summed E-state index contributed by atoms with van der Waals surface area (Å²) in [5.74, 6) is 0. The quantitative estimate of drug-likeness (QED) is 0.178. The fourth-order valence-electron chi connectivity index (χ4n) is 0.149. The summed E-state index contributed by atoms with van der Waals surface area (Å²) in [4.78, 5) is 0. The summed E-state index contributed by atoms with van der Waals surface area (Å²) in [6.07, 6.45) is 0. The zero-order chi connectivity index (χ0) is 14.8. The summed E-state index contributed by atoms with van der Waals surface area (Å²) in [6.45, 7) is 0. The molecule has 132 valence electrons. The molecule has 12 nitrogen and oxygen atoms in total. The van der Waals surface area contributed by atoms with Gasteiger partial charge in [0.2, 0.25) is 0 Å². The van der Waals surface area contributed by atoms with Crippen LogP contribution in [0.3, 0.4) is 0 Å². The van der Waals surface area contributed by atoms with Crippen molar-refractivity contribution >= 4 is 50.8 Å². The van der Waals surface area contributed by atoms with Gasteiger partial charge in [-0.05, 0) is 0 Å². The van der Waals surface area contributed by atoms with Gasteiger partial charge < -0.3 is 8.42 Å². The standard InChI is InChI=1S/2ClH.2Fe.HO12S3.Pd/c;;;;1-8-14(4,5)11-12-15(6,7)10-9-13(2)3;/h2*1H;;;1H;/q;;;;-1;+2/p-2. The third-order valence-electron chi connectivity index (χ3n) is 0.452. The molecule has 0 unspecified atom stereocenters. The van der Waals surface area contributed by atoms with Gasteiger partial charge in [0.15, 0.2) is 0 Å². The molecule has 20 heteroatoms. The number of hydrogen-bond acceptors (Lipinski definition) is 13. The van der Waals surface area contributed by atoms with E-state index in [0.717, 1.165) is 0 Å². The predicted molar refractivity (Wildman–Crippen MR) is 46.3 cm³/mol. The molecule has 0 rings (SSSR count). The van der Waals surface area contributed by atoms with Gasteiger partial charge in [-0.1, -0.05) is 17.3 Å². The van der Waals surface area contributed by atoms with Crippen LogP contribution in [0.25, 0.3) is 0 Å². The Bertz CT molecular complexity index is 473. The SMILES string of the molecule is O=[S-](=O)OOS(=O)(=O)OOS(=O)(=O)OO.[Cl][Pd][Cl].[Fe].[Fe]. The molecule has 0 fully saturated rings. The van der Waals surface area contributed by atoms with Crippen LogP contribution in [0, 0.1) is 0 Å². The van der Waals surface area contributed by atoms with Crippen LogP contribution >= 0.6 is 19.1 Å². The second kappa shape index (κ2) is 15.8. The van der Waals surface area contributed by atoms with Gasteiger partial charge in [0.25, 0.3) is 0 Å². The smallest absolute Gasteiger partial charge is 0 e. The van der Waals surface area contributed by atoms with Crippen molar-refractivity contribution in [3.63, 3.8) is 0 Å². The first kappa shape index (κ1) is 29.8. The average Bonchev–Trinajstić information content (AvgIpc) is 2.26. The molecule has 0 saturated carbocycles. The molecule has 0 aliphatic carbocycles. The summed E-state index contributed by atoms with van der Waals surface area (Å²) in [6, 6.07) is 0. The van der Waals surface area contributed by atoms with E-state index in [1.54, 1.807) is 0 Å². The molecule has 0 bridgehead atoms. The molecule has 0 aromatic heterocycles. The third kappa shape index (κ3) is 22.2. The Morgan fingerprint density at radius 2 is 1.25 bits per heavy atom. The van der Waals surface area contributed by atoms with Crippen molar-refractivity contribution in [2.24, 2.45) is 0 Å². The van der Waals surface area contributed by atoms with Crippen LogP contribution < -0.4 is 0 Å². The summed E-state index contributed by atoms with van der Waals surface area (Å²) in [5, 5.41) is 7.55. The van der Waals surface area contributed by atoms with Crippen molar-refractivity contribution in [3.05, 3.63) is 0 Å². The van der Waals surface area contributed by atoms with Gasteiger partial charge in [-0.15, -0.1) is 0 Å². The average molecular weight is 578 g/mol. The Balaban J connectivity index is -0.000000233. The fourth-order valence-corrected chi connectivity index (χ4v) is 1.19. The molecule has 0 atom stereocenters. The number of rotatable bonds is 7. The first-order valence-corrected chi connectivity index (χ1v) is 10.3. The van der Waals surface area contributed by atoms with Crippen LogP contribution in [0.1, 0.15) is 0 Å². The zero-order valence-electron chi connectivity index (χ0n) is 7.94. The van der Waals surface area contributed by atoms with Crippen LogP contribution in [0.5, 0.6) is 0 Å². The Labute approximate surface area is 152 Å². The predicted octanol–water partition coefficient (Wildman–Crippen LogP) is -0.542. The van der Waals surface area contributed by atoms with Crippen molar-refractivity contribution in [3.8, 4) is 0 Å². The van der Waals surface area contributed by atoms with Crippen LogP contribution in [0.2, 0.25) is 0 Å². The third-order valence-corrected chi connectivity index (χ3v) is 1.69. The maximum absolute atomic E-state index is 10.3. The van der Waals surface area contributed by atoms with E-state index >= 15 is 0 Å². The second-order valence-electron chi connectivity index (χ2n) is 1.41. The van der Waals surface area contributed by atoms with Gasteiger partial charge in [0, 0.05) is 34.1 Å². The Hall–Kier alpha value is 1.89. The first-order valence-electron chi connectivity index (χ1n) is 2.59. The van der Waals surface area contributed by atoms with E-state index < -0.39 is 31.8 Å². The molecular weight excluding hydrogens is 577 g/mol. The number of hydrogen-bond donors (Lipinski definition) is 1. The topological polar surface area (TPSA) is 169 Å². The van der Waals surface area contributed by atoms with Gasteiger partial charge in [-0.25, -0.2) is 5.26 Å². The molecule has 0 spiro atoms. The van der Waals surface area contributed by atoms with E-state index in [1.165, 1.54) is 0 Å². The van der Waals surface area contributed by atoms with E-state index in [1.807, 2.05) is 0 Å². The molecule has 0 aliphatic rings. The molecule has 0 aliphatic heterocycles. The van der Waals surface area contributed by atoms with Gasteiger partial charge in [-0.3, -0.25) is 4.33 Å². The molecule has 20 heavy (non-hydrogen) atoms. The van der Waals surface area contributed by atoms with Gasteiger partial charge in [0.1, 0.15) is 0 Å². The minimum absolute atomic E-state index is 0. The zero-order valence-corrected chi connectivity index (χ0v) is 15.7. The summed E-state index contributed by atoms with van der Waals surface area (Å²) in [7, 11) is -4.08. The van der Waals surface area contributed by atoms with Crippen molar-refractivity contribution in [1.29, 1.82) is 0 Å². The van der Waals surface area contributed by atoms with Crippen LogP contribution in [-0.4, -0.2) is 22.1 Å². The second-order valence-corrected chi connectivity index (χ2v) is 6.51. The van der Waals surface area contributed by atoms with E-state index in [4.69, 9.17) is 24.3 Å². The van der Waals surface area contributed by atoms with Crippen LogP contribution in [-0.2, 0) is 112 Å². The largest absolute Gasteiger partial charge is 0 e. The van der Waals surface area contributed by atoms with E-state index in [2.05, 4.69) is 21.7 Å². The van der Waals surface area contributed by atoms with E-state index in [-0.39, 0.29) is 50.1 Å². The molecule has 0 amide bonds. The normalized spacial score (nSPS) is 11.0. The van der Waals surface area contributed by atoms with E-state index in [0.29, 0.717) is 0 Å². The molecule has 0 aromatic rings. The van der Waals surface area contributed by atoms with Crippen molar-refractivity contribution in [2.45, 2.75) is 0 Å². The molecule has 0 heterocycles. The fraction of sp³-hybridized carbons (Fsp3) is 0. The summed E-state index contributed by atoms with van der Waals surface area (Å²) < 4.78 is 74.7. The Morgan fingerprint density at radius 3 is 1.55 bits per heavy atom. The minimum atomic E-state index is -5.23. The number of halogens is 2. The molecule has 0 radical (unpaired) electrons. The molecule has 1 N–H and O–H groups in total. The minimum Gasteiger partial charge on any atom is 0 e. The van der Waals surface area contributed by atoms with E-state index in [9.17, 15) is 25.3 Å². The first-order chi connectivity index (χ1) is 8.10. The monoisotopic (exact) mass is 577 g/mol. The summed E-state index contributed by atoms with van der Waals surface area (Å²) in [5.41, 5.74) is 0. The molecule has 0 aromatic carbocycles.